The molecular weight excluding hydrogens is 238 g/mol. The summed E-state index contributed by atoms with van der Waals surface area (Å²) in [4.78, 5) is 0. The molecular formula is C16H33NO2. The third-order valence-corrected chi connectivity index (χ3v) is 4.07. The Morgan fingerprint density at radius 3 is 2.26 bits per heavy atom. The third kappa shape index (κ3) is 7.91. The molecule has 1 rings (SSSR count). The zero-order valence-electron chi connectivity index (χ0n) is 13.2. The molecule has 1 saturated carbocycles. The van der Waals surface area contributed by atoms with Crippen LogP contribution in [0, 0.1) is 11.8 Å². The van der Waals surface area contributed by atoms with Crippen molar-refractivity contribution in [1.82, 2.24) is 5.32 Å². The van der Waals surface area contributed by atoms with Crippen molar-refractivity contribution >= 4 is 0 Å². The average molecular weight is 271 g/mol. The first-order valence-electron chi connectivity index (χ1n) is 7.93. The SMILES string of the molecule is CCC1CCC(CNCC(O)COC(C)(C)C)CC1. The van der Waals surface area contributed by atoms with Crippen molar-refractivity contribution in [2.24, 2.45) is 11.8 Å². The molecule has 2 N–H and O–H groups in total. The predicted octanol–water partition coefficient (Wildman–Crippen LogP) is 2.97. The van der Waals surface area contributed by atoms with Crippen molar-refractivity contribution in [2.45, 2.75) is 71.5 Å². The Balaban J connectivity index is 2.04. The number of aliphatic hydroxyl groups excluding tert-OH is 1. The minimum atomic E-state index is -0.397. The van der Waals surface area contributed by atoms with E-state index in [9.17, 15) is 5.11 Å². The van der Waals surface area contributed by atoms with Gasteiger partial charge >= 0.3 is 0 Å². The summed E-state index contributed by atoms with van der Waals surface area (Å²) >= 11 is 0. The zero-order valence-corrected chi connectivity index (χ0v) is 13.2. The lowest BCUT2D eigenvalue weighted by Crippen LogP contribution is -2.36. The van der Waals surface area contributed by atoms with Crippen LogP contribution in [0.15, 0.2) is 0 Å². The number of ether oxygens (including phenoxy) is 1. The molecule has 0 aromatic heterocycles. The zero-order chi connectivity index (χ0) is 14.3. The number of hydrogen-bond donors (Lipinski definition) is 2. The van der Waals surface area contributed by atoms with E-state index in [0.29, 0.717) is 13.2 Å². The summed E-state index contributed by atoms with van der Waals surface area (Å²) in [5.74, 6) is 1.76. The van der Waals surface area contributed by atoms with Gasteiger partial charge in [-0.15, -0.1) is 0 Å². The molecule has 0 spiro atoms. The number of hydrogen-bond acceptors (Lipinski definition) is 3. The highest BCUT2D eigenvalue weighted by Gasteiger charge is 2.20. The van der Waals surface area contributed by atoms with Gasteiger partial charge in [0.25, 0.3) is 0 Å². The molecule has 0 radical (unpaired) electrons. The van der Waals surface area contributed by atoms with E-state index < -0.39 is 6.10 Å². The van der Waals surface area contributed by atoms with Crippen LogP contribution >= 0.6 is 0 Å². The minimum Gasteiger partial charge on any atom is -0.389 e. The number of nitrogens with one attached hydrogen (secondary N) is 1. The van der Waals surface area contributed by atoms with Gasteiger partial charge in [0.2, 0.25) is 0 Å². The molecule has 3 nitrogen and oxygen atoms in total. The van der Waals surface area contributed by atoms with Crippen molar-refractivity contribution in [3.63, 3.8) is 0 Å². The Morgan fingerprint density at radius 1 is 1.16 bits per heavy atom. The van der Waals surface area contributed by atoms with Gasteiger partial charge in [0.1, 0.15) is 0 Å². The van der Waals surface area contributed by atoms with E-state index in [0.717, 1.165) is 18.4 Å². The van der Waals surface area contributed by atoms with Crippen LogP contribution < -0.4 is 5.32 Å². The van der Waals surface area contributed by atoms with Crippen LogP contribution in [0.3, 0.4) is 0 Å². The fraction of sp³-hybridized carbons (Fsp3) is 1.00. The summed E-state index contributed by atoms with van der Waals surface area (Å²) in [5.41, 5.74) is -0.167. The molecule has 3 heteroatoms. The number of aliphatic hydroxyl groups is 1. The normalized spacial score (nSPS) is 26.4. The Morgan fingerprint density at radius 2 is 1.74 bits per heavy atom. The third-order valence-electron chi connectivity index (χ3n) is 4.07. The van der Waals surface area contributed by atoms with E-state index >= 15 is 0 Å². The summed E-state index contributed by atoms with van der Waals surface area (Å²) in [6, 6.07) is 0. The minimum absolute atomic E-state index is 0.167. The smallest absolute Gasteiger partial charge is 0.0897 e. The Kier molecular flexibility index (Phi) is 7.33. The maximum atomic E-state index is 9.83. The van der Waals surface area contributed by atoms with Crippen molar-refractivity contribution in [2.75, 3.05) is 19.7 Å². The summed E-state index contributed by atoms with van der Waals surface area (Å²) in [6.45, 7) is 10.4. The van der Waals surface area contributed by atoms with Crippen LogP contribution in [0.4, 0.5) is 0 Å². The molecule has 0 saturated heterocycles. The van der Waals surface area contributed by atoms with E-state index in [1.807, 2.05) is 20.8 Å². The van der Waals surface area contributed by atoms with Crippen LogP contribution in [0.5, 0.6) is 0 Å². The van der Waals surface area contributed by atoms with Gasteiger partial charge in [-0.25, -0.2) is 0 Å². The van der Waals surface area contributed by atoms with Gasteiger partial charge in [-0.3, -0.25) is 0 Å². The van der Waals surface area contributed by atoms with Gasteiger partial charge < -0.3 is 15.2 Å². The lowest BCUT2D eigenvalue weighted by Gasteiger charge is -2.28. The lowest BCUT2D eigenvalue weighted by atomic mass is 9.81. The Hall–Kier alpha value is -0.120. The molecule has 1 aliphatic carbocycles. The maximum Gasteiger partial charge on any atom is 0.0897 e. The molecule has 0 aliphatic heterocycles. The van der Waals surface area contributed by atoms with Gasteiger partial charge in [-0.1, -0.05) is 26.2 Å². The second-order valence-electron chi connectivity index (χ2n) is 7.03. The molecule has 1 unspecified atom stereocenters. The summed E-state index contributed by atoms with van der Waals surface area (Å²) < 4.78 is 5.57. The molecule has 19 heavy (non-hydrogen) atoms. The average Bonchev–Trinajstić information content (AvgIpc) is 2.36. The van der Waals surface area contributed by atoms with Crippen LogP contribution in [0.2, 0.25) is 0 Å². The summed E-state index contributed by atoms with van der Waals surface area (Å²) in [6.07, 6.45) is 6.41. The maximum absolute atomic E-state index is 9.83. The molecule has 0 amide bonds. The summed E-state index contributed by atoms with van der Waals surface area (Å²) in [7, 11) is 0. The number of rotatable bonds is 7. The first-order valence-corrected chi connectivity index (χ1v) is 7.93. The van der Waals surface area contributed by atoms with Crippen molar-refractivity contribution in [3.05, 3.63) is 0 Å². The van der Waals surface area contributed by atoms with E-state index in [1.165, 1.54) is 32.1 Å². The first-order chi connectivity index (χ1) is 8.90. The van der Waals surface area contributed by atoms with Crippen molar-refractivity contribution in [3.8, 4) is 0 Å². The predicted molar refractivity (Wildman–Crippen MR) is 80.3 cm³/mol. The molecule has 1 aliphatic rings. The van der Waals surface area contributed by atoms with Crippen LogP contribution in [-0.4, -0.2) is 36.5 Å². The van der Waals surface area contributed by atoms with Crippen molar-refractivity contribution < 1.29 is 9.84 Å². The van der Waals surface area contributed by atoms with Gasteiger partial charge in [-0.2, -0.15) is 0 Å². The second kappa shape index (κ2) is 8.23. The van der Waals surface area contributed by atoms with Crippen molar-refractivity contribution in [1.29, 1.82) is 0 Å². The molecule has 114 valence electrons. The molecule has 0 aromatic carbocycles. The summed E-state index contributed by atoms with van der Waals surface area (Å²) in [5, 5.41) is 13.2. The van der Waals surface area contributed by atoms with E-state index in [-0.39, 0.29) is 5.60 Å². The highest BCUT2D eigenvalue weighted by atomic mass is 16.5. The lowest BCUT2D eigenvalue weighted by molar-refractivity contribution is -0.0480. The fourth-order valence-electron chi connectivity index (χ4n) is 2.70. The van der Waals surface area contributed by atoms with Gasteiger partial charge in [0.05, 0.1) is 18.3 Å². The monoisotopic (exact) mass is 271 g/mol. The van der Waals surface area contributed by atoms with Crippen LogP contribution in [-0.2, 0) is 4.74 Å². The second-order valence-corrected chi connectivity index (χ2v) is 7.03. The Bertz CT molecular complexity index is 229. The molecule has 0 heterocycles. The Labute approximate surface area is 119 Å². The molecule has 0 aromatic rings. The van der Waals surface area contributed by atoms with Gasteiger partial charge in [-0.05, 0) is 52.0 Å². The standard InChI is InChI=1S/C16H33NO2/c1-5-13-6-8-14(9-7-13)10-17-11-15(18)12-19-16(2,3)4/h13-15,17-18H,5-12H2,1-4H3. The van der Waals surface area contributed by atoms with E-state index in [1.54, 1.807) is 0 Å². The largest absolute Gasteiger partial charge is 0.389 e. The fourth-order valence-corrected chi connectivity index (χ4v) is 2.70. The first kappa shape index (κ1) is 16.9. The highest BCUT2D eigenvalue weighted by Crippen LogP contribution is 2.29. The molecule has 1 fully saturated rings. The van der Waals surface area contributed by atoms with Crippen LogP contribution in [0.25, 0.3) is 0 Å². The molecule has 1 atom stereocenters. The van der Waals surface area contributed by atoms with E-state index in [2.05, 4.69) is 12.2 Å². The topological polar surface area (TPSA) is 41.5 Å². The molecule has 0 bridgehead atoms. The van der Waals surface area contributed by atoms with Crippen LogP contribution in [0.1, 0.15) is 59.8 Å². The van der Waals surface area contributed by atoms with Gasteiger partial charge in [0, 0.05) is 6.54 Å². The quantitative estimate of drug-likeness (QED) is 0.748. The van der Waals surface area contributed by atoms with E-state index in [4.69, 9.17) is 4.74 Å². The van der Waals surface area contributed by atoms with Gasteiger partial charge in [0.15, 0.2) is 0 Å². The highest BCUT2D eigenvalue weighted by molar-refractivity contribution is 4.74.